The van der Waals surface area contributed by atoms with Crippen LogP contribution in [0.25, 0.3) is 0 Å². The third-order valence-corrected chi connectivity index (χ3v) is 2.32. The quantitative estimate of drug-likeness (QED) is 0.636. The molecule has 4 N–H and O–H groups in total. The number of nitrogens with two attached hydrogens (primary N) is 1. The first-order valence-corrected chi connectivity index (χ1v) is 6.11. The zero-order valence-corrected chi connectivity index (χ0v) is 11.9. The molecule has 18 heavy (non-hydrogen) atoms. The Hall–Kier alpha value is -1.25. The van der Waals surface area contributed by atoms with Crippen LogP contribution in [0, 0.1) is 12.3 Å². The van der Waals surface area contributed by atoms with Crippen molar-refractivity contribution in [1.29, 1.82) is 0 Å². The molecule has 0 aromatic heterocycles. The van der Waals surface area contributed by atoms with E-state index in [2.05, 4.69) is 16.6 Å². The van der Waals surface area contributed by atoms with Gasteiger partial charge in [-0.3, -0.25) is 5.32 Å². The number of carbonyl (C=O) groups excluding carboxylic acids is 1. The van der Waals surface area contributed by atoms with Crippen LogP contribution in [0.5, 0.6) is 0 Å². The van der Waals surface area contributed by atoms with Gasteiger partial charge in [-0.2, -0.15) is 0 Å². The molecule has 0 spiro atoms. The number of hydrogen-bond acceptors (Lipinski definition) is 4. The Morgan fingerprint density at radius 2 is 2.00 bits per heavy atom. The topological polar surface area (TPSA) is 76.4 Å². The van der Waals surface area contributed by atoms with E-state index in [0.717, 1.165) is 0 Å². The number of nitrogens with one attached hydrogen (secondary N) is 2. The molecule has 0 radical (unpaired) electrons. The number of alkyl carbamates (subject to hydrolysis) is 1. The molecule has 0 saturated carbocycles. The summed E-state index contributed by atoms with van der Waals surface area (Å²) in [6.07, 6.45) is 4.84. The van der Waals surface area contributed by atoms with Gasteiger partial charge in [-0.25, -0.2) is 4.79 Å². The zero-order chi connectivity index (χ0) is 14.3. The minimum atomic E-state index is -0.512. The van der Waals surface area contributed by atoms with Crippen LogP contribution in [0.4, 0.5) is 4.79 Å². The number of amides is 1. The summed E-state index contributed by atoms with van der Waals surface area (Å²) < 4.78 is 5.18. The van der Waals surface area contributed by atoms with Crippen molar-refractivity contribution in [3.63, 3.8) is 0 Å². The van der Waals surface area contributed by atoms with Gasteiger partial charge in [0.05, 0.1) is 6.04 Å². The zero-order valence-electron chi connectivity index (χ0n) is 11.9. The van der Waals surface area contributed by atoms with Crippen LogP contribution in [0.3, 0.4) is 0 Å². The number of carbonyl (C=O) groups is 1. The summed E-state index contributed by atoms with van der Waals surface area (Å²) in [5.41, 5.74) is 5.14. The van der Waals surface area contributed by atoms with Crippen molar-refractivity contribution in [2.24, 2.45) is 5.73 Å². The Balaban J connectivity index is 4.32. The van der Waals surface area contributed by atoms with Crippen molar-refractivity contribution in [1.82, 2.24) is 10.6 Å². The third-order valence-electron chi connectivity index (χ3n) is 2.32. The molecule has 5 heteroatoms. The molecule has 0 aliphatic carbocycles. The summed E-state index contributed by atoms with van der Waals surface area (Å²) in [4.78, 5) is 11.6. The second-order valence-corrected chi connectivity index (χ2v) is 5.33. The summed E-state index contributed by atoms with van der Waals surface area (Å²) >= 11 is 0. The Bertz CT molecular complexity index is 304. The highest BCUT2D eigenvalue weighted by Gasteiger charge is 2.22. The van der Waals surface area contributed by atoms with E-state index >= 15 is 0 Å². The van der Waals surface area contributed by atoms with E-state index < -0.39 is 11.7 Å². The van der Waals surface area contributed by atoms with Crippen LogP contribution in [0.1, 0.15) is 34.6 Å². The fourth-order valence-corrected chi connectivity index (χ4v) is 1.38. The lowest BCUT2D eigenvalue weighted by Gasteiger charge is -2.28. The van der Waals surface area contributed by atoms with Gasteiger partial charge in [0, 0.05) is 18.6 Å². The van der Waals surface area contributed by atoms with E-state index in [9.17, 15) is 4.79 Å². The molecule has 0 aromatic carbocycles. The first kappa shape index (κ1) is 16.8. The van der Waals surface area contributed by atoms with E-state index in [-0.39, 0.29) is 18.1 Å². The highest BCUT2D eigenvalue weighted by atomic mass is 16.6. The fraction of sp³-hybridized carbons (Fsp3) is 0.769. The first-order valence-electron chi connectivity index (χ1n) is 6.11. The second kappa shape index (κ2) is 7.24. The highest BCUT2D eigenvalue weighted by Crippen LogP contribution is 2.07. The van der Waals surface area contributed by atoms with Gasteiger partial charge < -0.3 is 15.8 Å². The van der Waals surface area contributed by atoms with Gasteiger partial charge >= 0.3 is 6.09 Å². The standard InChI is InChI=1S/C13H25N3O2/c1-7-9(2)15-11(8-14)10(3)16-12(17)18-13(4,5)6/h1,9-11,15H,8,14H2,2-6H3,(H,16,17). The van der Waals surface area contributed by atoms with E-state index in [1.165, 1.54) is 0 Å². The number of terminal acetylenes is 1. The Labute approximate surface area is 110 Å². The molecule has 1 amide bonds. The summed E-state index contributed by atoms with van der Waals surface area (Å²) in [7, 11) is 0. The molecule has 104 valence electrons. The summed E-state index contributed by atoms with van der Waals surface area (Å²) in [6, 6.07) is -0.356. The van der Waals surface area contributed by atoms with Crippen LogP contribution >= 0.6 is 0 Å². The lowest BCUT2D eigenvalue weighted by Crippen LogP contribution is -2.54. The van der Waals surface area contributed by atoms with Crippen molar-refractivity contribution in [3.8, 4) is 12.3 Å². The molecule has 5 nitrogen and oxygen atoms in total. The van der Waals surface area contributed by atoms with Crippen LogP contribution in [-0.4, -0.2) is 36.4 Å². The molecular weight excluding hydrogens is 230 g/mol. The molecule has 0 fully saturated rings. The predicted molar refractivity (Wildman–Crippen MR) is 73.1 cm³/mol. The molecule has 0 saturated heterocycles. The van der Waals surface area contributed by atoms with Crippen molar-refractivity contribution in [2.45, 2.75) is 58.3 Å². The Morgan fingerprint density at radius 3 is 2.39 bits per heavy atom. The average Bonchev–Trinajstić information content (AvgIpc) is 2.22. The van der Waals surface area contributed by atoms with Crippen molar-refractivity contribution < 1.29 is 9.53 Å². The van der Waals surface area contributed by atoms with E-state index in [1.807, 2.05) is 34.6 Å². The maximum atomic E-state index is 11.6. The molecule has 0 aromatic rings. The Kier molecular flexibility index (Phi) is 6.74. The van der Waals surface area contributed by atoms with E-state index in [1.54, 1.807) is 0 Å². The SMILES string of the molecule is C#CC(C)NC(CN)C(C)NC(=O)OC(C)(C)C. The van der Waals surface area contributed by atoms with Gasteiger partial charge in [-0.15, -0.1) is 6.42 Å². The largest absolute Gasteiger partial charge is 0.444 e. The Morgan fingerprint density at radius 1 is 1.44 bits per heavy atom. The van der Waals surface area contributed by atoms with Crippen molar-refractivity contribution in [2.75, 3.05) is 6.54 Å². The molecule has 3 unspecified atom stereocenters. The average molecular weight is 255 g/mol. The molecule has 0 bridgehead atoms. The van der Waals surface area contributed by atoms with Crippen LogP contribution in [0.15, 0.2) is 0 Å². The van der Waals surface area contributed by atoms with Gasteiger partial charge in [0.15, 0.2) is 0 Å². The molecule has 3 atom stereocenters. The highest BCUT2D eigenvalue weighted by molar-refractivity contribution is 5.68. The van der Waals surface area contributed by atoms with Gasteiger partial charge in [0.2, 0.25) is 0 Å². The van der Waals surface area contributed by atoms with Gasteiger partial charge in [0.1, 0.15) is 5.60 Å². The van der Waals surface area contributed by atoms with Crippen LogP contribution < -0.4 is 16.4 Å². The van der Waals surface area contributed by atoms with Crippen LogP contribution in [0.2, 0.25) is 0 Å². The van der Waals surface area contributed by atoms with E-state index in [4.69, 9.17) is 16.9 Å². The van der Waals surface area contributed by atoms with E-state index in [0.29, 0.717) is 6.54 Å². The third kappa shape index (κ3) is 7.15. The molecule has 0 aliphatic heterocycles. The van der Waals surface area contributed by atoms with Gasteiger partial charge in [-0.1, -0.05) is 5.92 Å². The second-order valence-electron chi connectivity index (χ2n) is 5.33. The fourth-order valence-electron chi connectivity index (χ4n) is 1.38. The normalized spacial score (nSPS) is 16.3. The number of hydrogen-bond donors (Lipinski definition) is 3. The molecule has 0 rings (SSSR count). The number of ether oxygens (including phenoxy) is 1. The summed E-state index contributed by atoms with van der Waals surface area (Å²) in [5.74, 6) is 2.57. The molecular formula is C13H25N3O2. The maximum absolute atomic E-state index is 11.6. The molecule has 0 aliphatic rings. The number of rotatable bonds is 5. The lowest BCUT2D eigenvalue weighted by atomic mass is 10.1. The van der Waals surface area contributed by atoms with Gasteiger partial charge in [0.25, 0.3) is 0 Å². The minimum absolute atomic E-state index is 0.0939. The lowest BCUT2D eigenvalue weighted by molar-refractivity contribution is 0.0498. The maximum Gasteiger partial charge on any atom is 0.407 e. The van der Waals surface area contributed by atoms with Gasteiger partial charge in [-0.05, 0) is 34.6 Å². The van der Waals surface area contributed by atoms with Crippen LogP contribution in [-0.2, 0) is 4.74 Å². The smallest absolute Gasteiger partial charge is 0.407 e. The minimum Gasteiger partial charge on any atom is -0.444 e. The molecule has 0 heterocycles. The first-order chi connectivity index (χ1) is 8.19. The predicted octanol–water partition coefficient (Wildman–Crippen LogP) is 0.838. The monoisotopic (exact) mass is 255 g/mol. The van der Waals surface area contributed by atoms with Crippen molar-refractivity contribution >= 4 is 6.09 Å². The van der Waals surface area contributed by atoms with Crippen molar-refractivity contribution in [3.05, 3.63) is 0 Å². The summed E-state index contributed by atoms with van der Waals surface area (Å²) in [5, 5.41) is 5.90. The summed E-state index contributed by atoms with van der Waals surface area (Å²) in [6.45, 7) is 9.55.